The van der Waals surface area contributed by atoms with Crippen molar-refractivity contribution in [2.24, 2.45) is 13.0 Å². The standard InChI is InChI=1S/C30H38N4O3S/c1-3-22-8-14-26(15-9-22)38(36,37)32-28-16-12-24-11-13-25(20-27(24)28)34(21-29-31-18-19-33(29)2)30(35)17-10-23-6-4-5-7-23/h8-9,11,13-15,18-20,23,28,32H,3-7,10,12,16-17,21H2,1-2H3. The average Bonchev–Trinajstić information content (AvgIpc) is 3.68. The van der Waals surface area contributed by atoms with Crippen LogP contribution in [0.2, 0.25) is 0 Å². The van der Waals surface area contributed by atoms with E-state index in [1.807, 2.05) is 60.0 Å². The van der Waals surface area contributed by atoms with Gasteiger partial charge in [-0.25, -0.2) is 18.1 Å². The van der Waals surface area contributed by atoms with Crippen LogP contribution in [0.25, 0.3) is 0 Å². The summed E-state index contributed by atoms with van der Waals surface area (Å²) in [4.78, 5) is 20.1. The zero-order valence-electron chi connectivity index (χ0n) is 22.4. The van der Waals surface area contributed by atoms with Crippen LogP contribution < -0.4 is 9.62 Å². The minimum Gasteiger partial charge on any atom is -0.337 e. The molecule has 1 atom stereocenters. The van der Waals surface area contributed by atoms with Crippen molar-refractivity contribution in [1.29, 1.82) is 0 Å². The predicted octanol–water partition coefficient (Wildman–Crippen LogP) is 5.45. The van der Waals surface area contributed by atoms with Crippen LogP contribution in [-0.4, -0.2) is 23.9 Å². The zero-order chi connectivity index (χ0) is 26.7. The number of fused-ring (bicyclic) bond motifs is 1. The molecule has 1 amide bonds. The number of amides is 1. The third-order valence-corrected chi connectivity index (χ3v) is 9.71. The number of imidazole rings is 1. The third kappa shape index (κ3) is 5.86. The van der Waals surface area contributed by atoms with Crippen molar-refractivity contribution in [2.75, 3.05) is 4.90 Å². The summed E-state index contributed by atoms with van der Waals surface area (Å²) in [7, 11) is -1.73. The third-order valence-electron chi connectivity index (χ3n) is 8.22. The topological polar surface area (TPSA) is 84.3 Å². The second-order valence-electron chi connectivity index (χ2n) is 10.7. The number of aromatic nitrogens is 2. The Morgan fingerprint density at radius 3 is 2.55 bits per heavy atom. The maximum Gasteiger partial charge on any atom is 0.241 e. The number of nitrogens with one attached hydrogen (secondary N) is 1. The molecule has 38 heavy (non-hydrogen) atoms. The fraction of sp³-hybridized carbons (Fsp3) is 0.467. The Labute approximate surface area is 226 Å². The molecule has 1 saturated carbocycles. The van der Waals surface area contributed by atoms with E-state index in [4.69, 9.17) is 0 Å². The van der Waals surface area contributed by atoms with E-state index in [1.54, 1.807) is 18.3 Å². The lowest BCUT2D eigenvalue weighted by Gasteiger charge is -2.25. The number of benzene rings is 2. The van der Waals surface area contributed by atoms with Crippen LogP contribution in [0.1, 0.15) is 80.4 Å². The van der Waals surface area contributed by atoms with E-state index in [2.05, 4.69) is 9.71 Å². The highest BCUT2D eigenvalue weighted by Gasteiger charge is 2.29. The highest BCUT2D eigenvalue weighted by atomic mass is 32.2. The molecule has 202 valence electrons. The second-order valence-corrected chi connectivity index (χ2v) is 12.4. The smallest absolute Gasteiger partial charge is 0.241 e. The Hall–Kier alpha value is -2.97. The first-order valence-electron chi connectivity index (χ1n) is 13.8. The van der Waals surface area contributed by atoms with Crippen LogP contribution in [0, 0.1) is 5.92 Å². The summed E-state index contributed by atoms with van der Waals surface area (Å²) < 4.78 is 31.3. The van der Waals surface area contributed by atoms with Crippen molar-refractivity contribution >= 4 is 21.6 Å². The molecule has 2 aliphatic carbocycles. The van der Waals surface area contributed by atoms with Crippen LogP contribution in [0.15, 0.2) is 59.8 Å². The van der Waals surface area contributed by atoms with Gasteiger partial charge in [0.15, 0.2) is 0 Å². The molecule has 1 heterocycles. The number of hydrogen-bond donors (Lipinski definition) is 1. The summed E-state index contributed by atoms with van der Waals surface area (Å²) >= 11 is 0. The Bertz CT molecular complexity index is 1370. The highest BCUT2D eigenvalue weighted by Crippen LogP contribution is 2.36. The van der Waals surface area contributed by atoms with Crippen molar-refractivity contribution in [2.45, 2.75) is 82.2 Å². The Morgan fingerprint density at radius 2 is 1.87 bits per heavy atom. The minimum absolute atomic E-state index is 0.0889. The Balaban J connectivity index is 1.38. The van der Waals surface area contributed by atoms with Crippen molar-refractivity contribution < 1.29 is 13.2 Å². The van der Waals surface area contributed by atoms with Gasteiger partial charge in [-0.15, -0.1) is 0 Å². The van der Waals surface area contributed by atoms with Gasteiger partial charge in [-0.05, 0) is 72.6 Å². The van der Waals surface area contributed by atoms with Gasteiger partial charge in [0.1, 0.15) is 5.82 Å². The largest absolute Gasteiger partial charge is 0.337 e. The van der Waals surface area contributed by atoms with Gasteiger partial charge >= 0.3 is 0 Å². The van der Waals surface area contributed by atoms with E-state index < -0.39 is 10.0 Å². The molecule has 0 aliphatic heterocycles. The SMILES string of the molecule is CCc1ccc(S(=O)(=O)NC2CCc3ccc(N(Cc4nccn4C)C(=O)CCC4CCCC4)cc32)cc1. The second kappa shape index (κ2) is 11.4. The van der Waals surface area contributed by atoms with Crippen molar-refractivity contribution in [3.63, 3.8) is 0 Å². The van der Waals surface area contributed by atoms with Gasteiger partial charge in [0, 0.05) is 37.6 Å². The number of anilines is 1. The van der Waals surface area contributed by atoms with Crippen molar-refractivity contribution in [3.8, 4) is 0 Å². The molecular formula is C30H38N4O3S. The molecule has 2 aliphatic rings. The summed E-state index contributed by atoms with van der Waals surface area (Å²) in [6, 6.07) is 12.8. The zero-order valence-corrected chi connectivity index (χ0v) is 23.2. The molecule has 5 rings (SSSR count). The average molecular weight is 535 g/mol. The lowest BCUT2D eigenvalue weighted by molar-refractivity contribution is -0.119. The summed E-state index contributed by atoms with van der Waals surface area (Å²) in [5, 5.41) is 0. The highest BCUT2D eigenvalue weighted by molar-refractivity contribution is 7.89. The molecule has 0 spiro atoms. The molecule has 3 aromatic rings. The molecule has 1 aromatic heterocycles. The van der Waals surface area contributed by atoms with Gasteiger partial charge in [0.05, 0.1) is 11.4 Å². The summed E-state index contributed by atoms with van der Waals surface area (Å²) in [5.74, 6) is 1.54. The normalized spacial score (nSPS) is 17.6. The maximum absolute atomic E-state index is 13.6. The molecular weight excluding hydrogens is 496 g/mol. The maximum atomic E-state index is 13.6. The summed E-state index contributed by atoms with van der Waals surface area (Å²) in [6.45, 7) is 2.43. The van der Waals surface area contributed by atoms with Crippen LogP contribution in [0.4, 0.5) is 5.69 Å². The van der Waals surface area contributed by atoms with Gasteiger partial charge in [-0.1, -0.05) is 50.8 Å². The molecule has 7 nitrogen and oxygen atoms in total. The van der Waals surface area contributed by atoms with Gasteiger partial charge in [-0.3, -0.25) is 4.79 Å². The fourth-order valence-corrected chi connectivity index (χ4v) is 7.06. The van der Waals surface area contributed by atoms with E-state index in [-0.39, 0.29) is 16.8 Å². The molecule has 8 heteroatoms. The van der Waals surface area contributed by atoms with E-state index in [0.29, 0.717) is 25.3 Å². The molecule has 2 aromatic carbocycles. The van der Waals surface area contributed by atoms with Crippen LogP contribution in [0.3, 0.4) is 0 Å². The van der Waals surface area contributed by atoms with Crippen molar-refractivity contribution in [1.82, 2.24) is 14.3 Å². The monoisotopic (exact) mass is 534 g/mol. The number of carbonyl (C=O) groups excluding carboxylic acids is 1. The van der Waals surface area contributed by atoms with Gasteiger partial charge < -0.3 is 9.47 Å². The first-order chi connectivity index (χ1) is 18.3. The lowest BCUT2D eigenvalue weighted by atomic mass is 10.0. The van der Waals surface area contributed by atoms with E-state index in [0.717, 1.165) is 47.5 Å². The summed E-state index contributed by atoms with van der Waals surface area (Å²) in [5.41, 5.74) is 3.97. The number of sulfonamides is 1. The van der Waals surface area contributed by atoms with E-state index in [9.17, 15) is 13.2 Å². The van der Waals surface area contributed by atoms with Gasteiger partial charge in [-0.2, -0.15) is 0 Å². The molecule has 0 radical (unpaired) electrons. The quantitative estimate of drug-likeness (QED) is 0.375. The number of aryl methyl sites for hydroxylation is 3. The molecule has 1 N–H and O–H groups in total. The van der Waals surface area contributed by atoms with Crippen molar-refractivity contribution in [3.05, 3.63) is 77.4 Å². The van der Waals surface area contributed by atoms with Crippen LogP contribution >= 0.6 is 0 Å². The number of rotatable bonds is 10. The van der Waals surface area contributed by atoms with Gasteiger partial charge in [0.25, 0.3) is 0 Å². The van der Waals surface area contributed by atoms with Crippen LogP contribution in [-0.2, 0) is 41.3 Å². The number of hydrogen-bond acceptors (Lipinski definition) is 4. The number of nitrogens with zero attached hydrogens (tertiary/aromatic N) is 3. The van der Waals surface area contributed by atoms with E-state index in [1.165, 1.54) is 25.7 Å². The molecule has 0 bridgehead atoms. The lowest BCUT2D eigenvalue weighted by Crippen LogP contribution is -2.32. The fourth-order valence-electron chi connectivity index (χ4n) is 5.81. The minimum atomic E-state index is -3.67. The number of carbonyl (C=O) groups is 1. The van der Waals surface area contributed by atoms with Crippen LogP contribution in [0.5, 0.6) is 0 Å². The Kier molecular flexibility index (Phi) is 8.00. The molecule has 1 fully saturated rings. The first kappa shape index (κ1) is 26.6. The first-order valence-corrected chi connectivity index (χ1v) is 15.3. The summed E-state index contributed by atoms with van der Waals surface area (Å²) in [6.07, 6.45) is 12.4. The molecule has 0 saturated heterocycles. The predicted molar refractivity (Wildman–Crippen MR) is 149 cm³/mol. The Morgan fingerprint density at radius 1 is 1.11 bits per heavy atom. The van der Waals surface area contributed by atoms with E-state index >= 15 is 0 Å². The van der Waals surface area contributed by atoms with Gasteiger partial charge in [0.2, 0.25) is 15.9 Å². The molecule has 1 unspecified atom stereocenters.